The van der Waals surface area contributed by atoms with Crippen molar-refractivity contribution in [3.05, 3.63) is 0 Å². The smallest absolute Gasteiger partial charge is 0.220 e. The van der Waals surface area contributed by atoms with Gasteiger partial charge in [-0.05, 0) is 32.6 Å². The van der Waals surface area contributed by atoms with E-state index in [0.717, 1.165) is 12.3 Å². The zero-order valence-electron chi connectivity index (χ0n) is 13.2. The van der Waals surface area contributed by atoms with Crippen molar-refractivity contribution in [1.29, 1.82) is 0 Å². The van der Waals surface area contributed by atoms with E-state index in [0.29, 0.717) is 26.2 Å². The SMILES string of the molecule is CCOC(CNC(=O)CCCC1CCCCC1)OCC. The molecule has 0 aromatic heterocycles. The summed E-state index contributed by atoms with van der Waals surface area (Å²) in [6.45, 7) is 5.50. The Morgan fingerprint density at radius 2 is 1.80 bits per heavy atom. The highest BCUT2D eigenvalue weighted by Crippen LogP contribution is 2.27. The van der Waals surface area contributed by atoms with E-state index in [4.69, 9.17) is 9.47 Å². The van der Waals surface area contributed by atoms with Gasteiger partial charge < -0.3 is 14.8 Å². The van der Waals surface area contributed by atoms with Gasteiger partial charge in [-0.2, -0.15) is 0 Å². The number of nitrogens with one attached hydrogen (secondary N) is 1. The molecule has 0 radical (unpaired) electrons. The third kappa shape index (κ3) is 7.85. The van der Waals surface area contributed by atoms with Crippen LogP contribution < -0.4 is 5.32 Å². The van der Waals surface area contributed by atoms with Crippen LogP contribution in [-0.2, 0) is 14.3 Å². The van der Waals surface area contributed by atoms with E-state index in [2.05, 4.69) is 5.32 Å². The fraction of sp³-hybridized carbons (Fsp3) is 0.938. The second-order valence-corrected chi connectivity index (χ2v) is 5.54. The number of hydrogen-bond acceptors (Lipinski definition) is 3. The monoisotopic (exact) mass is 285 g/mol. The van der Waals surface area contributed by atoms with Crippen molar-refractivity contribution < 1.29 is 14.3 Å². The average Bonchev–Trinajstić information content (AvgIpc) is 2.46. The summed E-state index contributed by atoms with van der Waals surface area (Å²) in [7, 11) is 0. The van der Waals surface area contributed by atoms with Gasteiger partial charge in [-0.3, -0.25) is 4.79 Å². The molecule has 0 aromatic carbocycles. The maximum absolute atomic E-state index is 11.8. The van der Waals surface area contributed by atoms with Gasteiger partial charge in [-0.1, -0.05) is 32.1 Å². The van der Waals surface area contributed by atoms with Crippen molar-refractivity contribution in [2.24, 2.45) is 5.92 Å². The largest absolute Gasteiger partial charge is 0.351 e. The summed E-state index contributed by atoms with van der Waals surface area (Å²) in [5.74, 6) is 0.973. The Kier molecular flexibility index (Phi) is 9.67. The molecule has 1 aliphatic rings. The van der Waals surface area contributed by atoms with E-state index < -0.39 is 0 Å². The summed E-state index contributed by atoms with van der Waals surface area (Å²) in [6, 6.07) is 0. The Hall–Kier alpha value is -0.610. The molecule has 1 amide bonds. The van der Waals surface area contributed by atoms with Crippen molar-refractivity contribution in [3.63, 3.8) is 0 Å². The van der Waals surface area contributed by atoms with Gasteiger partial charge in [-0.15, -0.1) is 0 Å². The molecule has 1 rings (SSSR count). The zero-order valence-corrected chi connectivity index (χ0v) is 13.2. The molecule has 0 aliphatic heterocycles. The van der Waals surface area contributed by atoms with E-state index in [1.165, 1.54) is 38.5 Å². The summed E-state index contributed by atoms with van der Waals surface area (Å²) in [6.07, 6.45) is 9.39. The number of rotatable bonds is 10. The van der Waals surface area contributed by atoms with Crippen LogP contribution in [-0.4, -0.2) is 32.0 Å². The molecule has 20 heavy (non-hydrogen) atoms. The van der Waals surface area contributed by atoms with Gasteiger partial charge in [0.15, 0.2) is 6.29 Å². The molecule has 0 atom stereocenters. The van der Waals surface area contributed by atoms with Gasteiger partial charge in [0.05, 0.1) is 6.54 Å². The summed E-state index contributed by atoms with van der Waals surface area (Å²) < 4.78 is 10.8. The van der Waals surface area contributed by atoms with E-state index in [9.17, 15) is 4.79 Å². The molecule has 0 saturated heterocycles. The maximum atomic E-state index is 11.8. The first-order valence-electron chi connectivity index (χ1n) is 8.26. The predicted octanol–water partition coefficient (Wildman–Crippen LogP) is 3.25. The number of amides is 1. The minimum atomic E-state index is -0.313. The van der Waals surface area contributed by atoms with Crippen LogP contribution in [0.3, 0.4) is 0 Å². The van der Waals surface area contributed by atoms with E-state index in [-0.39, 0.29) is 12.2 Å². The van der Waals surface area contributed by atoms with Gasteiger partial charge in [0.2, 0.25) is 5.91 Å². The van der Waals surface area contributed by atoms with E-state index >= 15 is 0 Å². The lowest BCUT2D eigenvalue weighted by atomic mass is 9.86. The van der Waals surface area contributed by atoms with Crippen LogP contribution in [0.5, 0.6) is 0 Å². The molecule has 1 fully saturated rings. The van der Waals surface area contributed by atoms with Crippen molar-refractivity contribution in [1.82, 2.24) is 5.32 Å². The van der Waals surface area contributed by atoms with E-state index in [1.54, 1.807) is 0 Å². The molecule has 0 unspecified atom stereocenters. The van der Waals surface area contributed by atoms with Crippen LogP contribution in [0.25, 0.3) is 0 Å². The van der Waals surface area contributed by atoms with Crippen LogP contribution in [0.15, 0.2) is 0 Å². The Balaban J connectivity index is 2.06. The molecule has 118 valence electrons. The first-order chi connectivity index (χ1) is 9.76. The predicted molar refractivity (Wildman–Crippen MR) is 80.5 cm³/mol. The fourth-order valence-corrected chi connectivity index (χ4v) is 2.85. The maximum Gasteiger partial charge on any atom is 0.220 e. The molecule has 0 heterocycles. The highest BCUT2D eigenvalue weighted by Gasteiger charge is 2.14. The van der Waals surface area contributed by atoms with Gasteiger partial charge in [-0.25, -0.2) is 0 Å². The van der Waals surface area contributed by atoms with Gasteiger partial charge in [0, 0.05) is 19.6 Å². The van der Waals surface area contributed by atoms with Crippen molar-refractivity contribution in [2.75, 3.05) is 19.8 Å². The topological polar surface area (TPSA) is 47.6 Å². The van der Waals surface area contributed by atoms with Crippen LogP contribution in [0.2, 0.25) is 0 Å². The minimum absolute atomic E-state index is 0.116. The number of carbonyl (C=O) groups excluding carboxylic acids is 1. The molecule has 1 aliphatic carbocycles. The average molecular weight is 285 g/mol. The van der Waals surface area contributed by atoms with Gasteiger partial charge in [0.25, 0.3) is 0 Å². The molecular formula is C16H31NO3. The standard InChI is InChI=1S/C16H31NO3/c1-3-19-16(20-4-2)13-17-15(18)12-8-11-14-9-6-5-7-10-14/h14,16H,3-13H2,1-2H3,(H,17,18). The Labute approximate surface area is 123 Å². The molecule has 1 saturated carbocycles. The highest BCUT2D eigenvalue weighted by atomic mass is 16.7. The third-order valence-corrected chi connectivity index (χ3v) is 3.91. The van der Waals surface area contributed by atoms with Crippen molar-refractivity contribution in [2.45, 2.75) is 71.5 Å². The molecule has 4 nitrogen and oxygen atoms in total. The van der Waals surface area contributed by atoms with Crippen molar-refractivity contribution >= 4 is 5.91 Å². The molecule has 4 heteroatoms. The second-order valence-electron chi connectivity index (χ2n) is 5.54. The lowest BCUT2D eigenvalue weighted by molar-refractivity contribution is -0.140. The summed E-state index contributed by atoms with van der Waals surface area (Å²) >= 11 is 0. The summed E-state index contributed by atoms with van der Waals surface area (Å²) in [5.41, 5.74) is 0. The van der Waals surface area contributed by atoms with Crippen LogP contribution in [0, 0.1) is 5.92 Å². The van der Waals surface area contributed by atoms with Gasteiger partial charge in [0.1, 0.15) is 0 Å². The molecule has 0 bridgehead atoms. The lowest BCUT2D eigenvalue weighted by Gasteiger charge is -2.21. The minimum Gasteiger partial charge on any atom is -0.351 e. The quantitative estimate of drug-likeness (QED) is 0.627. The van der Waals surface area contributed by atoms with Crippen molar-refractivity contribution in [3.8, 4) is 0 Å². The molecule has 0 aromatic rings. The first kappa shape index (κ1) is 17.4. The normalized spacial score (nSPS) is 16.6. The van der Waals surface area contributed by atoms with E-state index in [1.807, 2.05) is 13.8 Å². The summed E-state index contributed by atoms with van der Waals surface area (Å²) in [5, 5.41) is 2.90. The second kappa shape index (κ2) is 11.1. The molecular weight excluding hydrogens is 254 g/mol. The van der Waals surface area contributed by atoms with Crippen LogP contribution in [0.1, 0.15) is 65.2 Å². The highest BCUT2D eigenvalue weighted by molar-refractivity contribution is 5.75. The fourth-order valence-electron chi connectivity index (χ4n) is 2.85. The zero-order chi connectivity index (χ0) is 14.6. The molecule has 0 spiro atoms. The Morgan fingerprint density at radius 3 is 2.40 bits per heavy atom. The Bertz CT molecular complexity index is 246. The van der Waals surface area contributed by atoms with Gasteiger partial charge >= 0.3 is 0 Å². The lowest BCUT2D eigenvalue weighted by Crippen LogP contribution is -2.35. The summed E-state index contributed by atoms with van der Waals surface area (Å²) in [4.78, 5) is 11.8. The van der Waals surface area contributed by atoms with Crippen LogP contribution >= 0.6 is 0 Å². The Morgan fingerprint density at radius 1 is 1.15 bits per heavy atom. The number of carbonyl (C=O) groups is 1. The third-order valence-electron chi connectivity index (χ3n) is 3.91. The number of hydrogen-bond donors (Lipinski definition) is 1. The number of ether oxygens (including phenoxy) is 2. The molecule has 1 N–H and O–H groups in total. The first-order valence-corrected chi connectivity index (χ1v) is 8.26. The van der Waals surface area contributed by atoms with Crippen LogP contribution in [0.4, 0.5) is 0 Å².